The molecule has 2 unspecified atom stereocenters. The zero-order chi connectivity index (χ0) is 13.2. The van der Waals surface area contributed by atoms with Crippen LogP contribution in [0.25, 0.3) is 0 Å². The molecular weight excluding hydrogens is 226 g/mol. The summed E-state index contributed by atoms with van der Waals surface area (Å²) in [6.07, 6.45) is 5.11. The Balaban J connectivity index is 1.83. The predicted octanol–water partition coefficient (Wildman–Crippen LogP) is 2.08. The van der Waals surface area contributed by atoms with Crippen molar-refractivity contribution in [2.75, 3.05) is 6.61 Å². The van der Waals surface area contributed by atoms with Gasteiger partial charge in [-0.25, -0.2) is 0 Å². The third-order valence-corrected chi connectivity index (χ3v) is 3.91. The van der Waals surface area contributed by atoms with Gasteiger partial charge in [0.15, 0.2) is 0 Å². The highest BCUT2D eigenvalue weighted by molar-refractivity contribution is 5.05. The molecule has 0 aromatic carbocycles. The molecule has 18 heavy (non-hydrogen) atoms. The molecule has 1 aliphatic rings. The minimum Gasteiger partial charge on any atom is -0.378 e. The van der Waals surface area contributed by atoms with Crippen molar-refractivity contribution in [2.45, 2.75) is 52.8 Å². The second kappa shape index (κ2) is 5.33. The van der Waals surface area contributed by atoms with Gasteiger partial charge >= 0.3 is 0 Å². The number of aryl methyl sites for hydroxylation is 1. The first-order valence-electron chi connectivity index (χ1n) is 6.66. The summed E-state index contributed by atoms with van der Waals surface area (Å²) < 4.78 is 5.72. The van der Waals surface area contributed by atoms with E-state index in [1.807, 2.05) is 19.3 Å². The monoisotopic (exact) mass is 249 g/mol. The Morgan fingerprint density at radius 1 is 1.39 bits per heavy atom. The maximum absolute atomic E-state index is 5.72. The number of nitrogens with zero attached hydrogens (tertiary/aromatic N) is 2. The van der Waals surface area contributed by atoms with Gasteiger partial charge in [-0.05, 0) is 20.3 Å². The van der Waals surface area contributed by atoms with Crippen LogP contribution in [0, 0.1) is 12.3 Å². The normalized spacial score (nSPS) is 25.8. The summed E-state index contributed by atoms with van der Waals surface area (Å²) in [5.74, 6) is 0. The predicted molar refractivity (Wildman–Crippen MR) is 71.2 cm³/mol. The summed E-state index contributed by atoms with van der Waals surface area (Å²) in [5, 5.41) is 3.55. The fraction of sp³-hybridized carbons (Fsp3) is 0.714. The van der Waals surface area contributed by atoms with E-state index in [2.05, 4.69) is 36.1 Å². The van der Waals surface area contributed by atoms with E-state index in [-0.39, 0.29) is 5.41 Å². The van der Waals surface area contributed by atoms with Crippen LogP contribution in [-0.4, -0.2) is 28.7 Å². The average Bonchev–Trinajstić information content (AvgIpc) is 2.35. The van der Waals surface area contributed by atoms with Crippen LogP contribution in [-0.2, 0) is 11.3 Å². The van der Waals surface area contributed by atoms with Crippen LogP contribution in [0.3, 0.4) is 0 Å². The molecule has 0 saturated heterocycles. The number of ether oxygens (including phenoxy) is 1. The second-order valence-electron chi connectivity index (χ2n) is 5.58. The largest absolute Gasteiger partial charge is 0.378 e. The van der Waals surface area contributed by atoms with Gasteiger partial charge in [-0.15, -0.1) is 0 Å². The van der Waals surface area contributed by atoms with Crippen molar-refractivity contribution in [1.29, 1.82) is 0 Å². The second-order valence-corrected chi connectivity index (χ2v) is 5.58. The molecule has 100 valence electrons. The van der Waals surface area contributed by atoms with E-state index >= 15 is 0 Å². The van der Waals surface area contributed by atoms with Crippen LogP contribution in [0.15, 0.2) is 12.4 Å². The highest BCUT2D eigenvalue weighted by Gasteiger charge is 2.48. The Labute approximate surface area is 109 Å². The van der Waals surface area contributed by atoms with Crippen molar-refractivity contribution in [3.63, 3.8) is 0 Å². The Hall–Kier alpha value is -1.00. The summed E-state index contributed by atoms with van der Waals surface area (Å²) >= 11 is 0. The minimum absolute atomic E-state index is 0.203. The fourth-order valence-corrected chi connectivity index (χ4v) is 2.45. The molecule has 1 heterocycles. The van der Waals surface area contributed by atoms with E-state index in [9.17, 15) is 0 Å². The maximum Gasteiger partial charge on any atom is 0.0724 e. The van der Waals surface area contributed by atoms with Crippen LogP contribution in [0.5, 0.6) is 0 Å². The van der Waals surface area contributed by atoms with Gasteiger partial charge in [0.05, 0.1) is 17.5 Å². The van der Waals surface area contributed by atoms with E-state index in [1.165, 1.54) is 0 Å². The van der Waals surface area contributed by atoms with Gasteiger partial charge < -0.3 is 10.1 Å². The lowest BCUT2D eigenvalue weighted by Gasteiger charge is -2.51. The molecule has 0 aliphatic heterocycles. The van der Waals surface area contributed by atoms with Crippen LogP contribution in [0.2, 0.25) is 0 Å². The summed E-state index contributed by atoms with van der Waals surface area (Å²) in [7, 11) is 0. The zero-order valence-corrected chi connectivity index (χ0v) is 11.7. The van der Waals surface area contributed by atoms with Gasteiger partial charge in [0, 0.05) is 37.0 Å². The van der Waals surface area contributed by atoms with Gasteiger partial charge in [-0.3, -0.25) is 9.97 Å². The van der Waals surface area contributed by atoms with Gasteiger partial charge in [0.1, 0.15) is 0 Å². The first-order chi connectivity index (χ1) is 8.54. The minimum atomic E-state index is 0.203. The molecular formula is C14H23N3O. The summed E-state index contributed by atoms with van der Waals surface area (Å²) in [6.45, 7) is 10.1. The average molecular weight is 249 g/mol. The first kappa shape index (κ1) is 13.4. The van der Waals surface area contributed by atoms with Crippen molar-refractivity contribution < 1.29 is 4.74 Å². The molecule has 1 aromatic heterocycles. The molecule has 1 aromatic rings. The van der Waals surface area contributed by atoms with Crippen LogP contribution in [0.1, 0.15) is 38.6 Å². The first-order valence-corrected chi connectivity index (χ1v) is 6.66. The van der Waals surface area contributed by atoms with Crippen LogP contribution in [0.4, 0.5) is 0 Å². The SMILES string of the molecule is CCOC1CC(NCc2cnc(C)cn2)C1(C)C. The van der Waals surface area contributed by atoms with Crippen molar-refractivity contribution >= 4 is 0 Å². The molecule has 1 saturated carbocycles. The Morgan fingerprint density at radius 2 is 2.17 bits per heavy atom. The third kappa shape index (κ3) is 2.70. The Morgan fingerprint density at radius 3 is 2.72 bits per heavy atom. The topological polar surface area (TPSA) is 47.0 Å². The molecule has 0 amide bonds. The van der Waals surface area contributed by atoms with Crippen molar-refractivity contribution in [3.05, 3.63) is 23.8 Å². The fourth-order valence-electron chi connectivity index (χ4n) is 2.45. The summed E-state index contributed by atoms with van der Waals surface area (Å²) in [6, 6.07) is 0.497. The quantitative estimate of drug-likeness (QED) is 0.868. The molecule has 2 atom stereocenters. The third-order valence-electron chi connectivity index (χ3n) is 3.91. The molecule has 0 bridgehead atoms. The number of hydrogen-bond acceptors (Lipinski definition) is 4. The zero-order valence-electron chi connectivity index (χ0n) is 11.7. The summed E-state index contributed by atoms with van der Waals surface area (Å²) in [5.41, 5.74) is 2.16. The van der Waals surface area contributed by atoms with E-state index in [0.717, 1.165) is 31.0 Å². The van der Waals surface area contributed by atoms with E-state index in [4.69, 9.17) is 4.74 Å². The lowest BCUT2D eigenvalue weighted by Crippen LogP contribution is -2.60. The lowest BCUT2D eigenvalue weighted by atomic mass is 9.64. The van der Waals surface area contributed by atoms with Gasteiger partial charge in [-0.2, -0.15) is 0 Å². The van der Waals surface area contributed by atoms with Gasteiger partial charge in [-0.1, -0.05) is 13.8 Å². The number of hydrogen-bond donors (Lipinski definition) is 1. The van der Waals surface area contributed by atoms with Crippen molar-refractivity contribution in [3.8, 4) is 0 Å². The van der Waals surface area contributed by atoms with E-state index < -0.39 is 0 Å². The highest BCUT2D eigenvalue weighted by Crippen LogP contribution is 2.42. The highest BCUT2D eigenvalue weighted by atomic mass is 16.5. The van der Waals surface area contributed by atoms with E-state index in [0.29, 0.717) is 12.1 Å². The van der Waals surface area contributed by atoms with E-state index in [1.54, 1.807) is 0 Å². The van der Waals surface area contributed by atoms with Gasteiger partial charge in [0.25, 0.3) is 0 Å². The standard InChI is InChI=1S/C14H23N3O/c1-5-18-13-6-12(14(13,3)4)17-9-11-8-15-10(2)7-16-11/h7-8,12-13,17H,5-6,9H2,1-4H3. The lowest BCUT2D eigenvalue weighted by molar-refractivity contribution is -0.114. The molecule has 4 nitrogen and oxygen atoms in total. The summed E-state index contributed by atoms with van der Waals surface area (Å²) in [4.78, 5) is 8.61. The van der Waals surface area contributed by atoms with Crippen LogP contribution < -0.4 is 5.32 Å². The molecule has 0 radical (unpaired) electrons. The maximum atomic E-state index is 5.72. The molecule has 1 aliphatic carbocycles. The molecule has 0 spiro atoms. The number of rotatable bonds is 5. The number of nitrogens with one attached hydrogen (secondary N) is 1. The molecule has 2 rings (SSSR count). The smallest absolute Gasteiger partial charge is 0.0724 e. The Kier molecular flexibility index (Phi) is 3.97. The Bertz CT molecular complexity index is 389. The molecule has 1 N–H and O–H groups in total. The van der Waals surface area contributed by atoms with Gasteiger partial charge in [0.2, 0.25) is 0 Å². The van der Waals surface area contributed by atoms with Crippen LogP contribution >= 0.6 is 0 Å². The van der Waals surface area contributed by atoms with Crippen molar-refractivity contribution in [1.82, 2.24) is 15.3 Å². The molecule has 4 heteroatoms. The number of aromatic nitrogens is 2. The molecule has 1 fully saturated rings. The van der Waals surface area contributed by atoms with Crippen molar-refractivity contribution in [2.24, 2.45) is 5.41 Å².